The fourth-order valence-electron chi connectivity index (χ4n) is 3.48. The number of benzene rings is 2. The van der Waals surface area contributed by atoms with Crippen LogP contribution in [0.2, 0.25) is 5.02 Å². The largest absolute Gasteiger partial charge is 0.370 e. The first-order chi connectivity index (χ1) is 12.1. The van der Waals surface area contributed by atoms with E-state index in [1.54, 1.807) is 0 Å². The monoisotopic (exact) mass is 356 g/mol. The molecule has 0 unspecified atom stereocenters. The van der Waals surface area contributed by atoms with Gasteiger partial charge in [0.2, 0.25) is 5.91 Å². The molecule has 132 valence electrons. The van der Waals surface area contributed by atoms with E-state index in [-0.39, 0.29) is 5.91 Å². The third-order valence-electron chi connectivity index (χ3n) is 5.04. The van der Waals surface area contributed by atoms with E-state index in [4.69, 9.17) is 17.3 Å². The summed E-state index contributed by atoms with van der Waals surface area (Å²) in [6.45, 7) is 3.19. The molecular weight excluding hydrogens is 332 g/mol. The summed E-state index contributed by atoms with van der Waals surface area (Å²) in [6.07, 6.45) is 3.79. The summed E-state index contributed by atoms with van der Waals surface area (Å²) in [5, 5.41) is 0.764. The third kappa shape index (κ3) is 5.32. The maximum atomic E-state index is 10.9. The summed E-state index contributed by atoms with van der Waals surface area (Å²) in [7, 11) is 0. The number of piperidine rings is 1. The number of amides is 1. The van der Waals surface area contributed by atoms with Gasteiger partial charge in [-0.25, -0.2) is 0 Å². The standard InChI is InChI=1S/C21H25ClN2O/c22-20-8-6-19(7-9-20)18-4-1-17(2-5-18)15-24-13-11-16(12-14-24)3-10-21(23)25/h1-2,4-9,16H,3,10-15H2,(H2,23,25). The van der Waals surface area contributed by atoms with Crippen LogP contribution in [-0.2, 0) is 11.3 Å². The van der Waals surface area contributed by atoms with Gasteiger partial charge in [0.15, 0.2) is 0 Å². The zero-order valence-corrected chi connectivity index (χ0v) is 15.2. The summed E-state index contributed by atoms with van der Waals surface area (Å²) in [4.78, 5) is 13.4. The topological polar surface area (TPSA) is 46.3 Å². The molecule has 0 atom stereocenters. The van der Waals surface area contributed by atoms with Gasteiger partial charge in [-0.3, -0.25) is 9.69 Å². The Bertz CT molecular complexity index is 689. The highest BCUT2D eigenvalue weighted by molar-refractivity contribution is 6.30. The maximum Gasteiger partial charge on any atom is 0.217 e. The number of hydrogen-bond acceptors (Lipinski definition) is 2. The molecule has 2 aromatic rings. The normalized spacial score (nSPS) is 16.0. The van der Waals surface area contributed by atoms with Crippen LogP contribution in [0.3, 0.4) is 0 Å². The van der Waals surface area contributed by atoms with Crippen LogP contribution in [0.25, 0.3) is 11.1 Å². The smallest absolute Gasteiger partial charge is 0.217 e. The number of carbonyl (C=O) groups excluding carboxylic acids is 1. The van der Waals surface area contributed by atoms with Gasteiger partial charge in [0.05, 0.1) is 0 Å². The van der Waals surface area contributed by atoms with E-state index >= 15 is 0 Å². The Balaban J connectivity index is 1.51. The molecule has 1 saturated heterocycles. The molecule has 0 radical (unpaired) electrons. The molecule has 4 heteroatoms. The number of likely N-dealkylation sites (tertiary alicyclic amines) is 1. The van der Waals surface area contributed by atoms with Crippen LogP contribution in [-0.4, -0.2) is 23.9 Å². The molecule has 0 aromatic heterocycles. The Morgan fingerprint density at radius 3 is 2.12 bits per heavy atom. The number of carbonyl (C=O) groups is 1. The predicted molar refractivity (Wildman–Crippen MR) is 103 cm³/mol. The van der Waals surface area contributed by atoms with Crippen molar-refractivity contribution in [2.24, 2.45) is 11.7 Å². The fraction of sp³-hybridized carbons (Fsp3) is 0.381. The van der Waals surface area contributed by atoms with Gasteiger partial charge in [-0.15, -0.1) is 0 Å². The zero-order chi connectivity index (χ0) is 17.6. The lowest BCUT2D eigenvalue weighted by Gasteiger charge is -2.31. The van der Waals surface area contributed by atoms with Gasteiger partial charge in [-0.05, 0) is 67.1 Å². The molecule has 0 bridgehead atoms. The van der Waals surface area contributed by atoms with Crippen LogP contribution in [0.5, 0.6) is 0 Å². The van der Waals surface area contributed by atoms with Gasteiger partial charge in [0.25, 0.3) is 0 Å². The van der Waals surface area contributed by atoms with Crippen molar-refractivity contribution in [1.29, 1.82) is 0 Å². The maximum absolute atomic E-state index is 10.9. The molecule has 1 amide bonds. The minimum Gasteiger partial charge on any atom is -0.370 e. The average Bonchev–Trinajstić information content (AvgIpc) is 2.62. The summed E-state index contributed by atoms with van der Waals surface area (Å²) in [6, 6.07) is 16.7. The summed E-state index contributed by atoms with van der Waals surface area (Å²) >= 11 is 5.95. The molecule has 1 aliphatic heterocycles. The second kappa shape index (κ2) is 8.50. The van der Waals surface area contributed by atoms with Crippen molar-refractivity contribution in [2.45, 2.75) is 32.2 Å². The van der Waals surface area contributed by atoms with Crippen LogP contribution in [0, 0.1) is 5.92 Å². The molecule has 25 heavy (non-hydrogen) atoms. The second-order valence-corrected chi connectivity index (χ2v) is 7.36. The molecule has 1 heterocycles. The molecule has 0 saturated carbocycles. The van der Waals surface area contributed by atoms with Crippen molar-refractivity contribution in [3.63, 3.8) is 0 Å². The Hall–Kier alpha value is -1.84. The van der Waals surface area contributed by atoms with Crippen LogP contribution in [0.1, 0.15) is 31.2 Å². The molecule has 2 N–H and O–H groups in total. The lowest BCUT2D eigenvalue weighted by Crippen LogP contribution is -2.33. The highest BCUT2D eigenvalue weighted by atomic mass is 35.5. The molecule has 3 nitrogen and oxygen atoms in total. The van der Waals surface area contributed by atoms with Crippen molar-refractivity contribution >= 4 is 17.5 Å². The lowest BCUT2D eigenvalue weighted by molar-refractivity contribution is -0.118. The van der Waals surface area contributed by atoms with E-state index in [0.717, 1.165) is 43.9 Å². The lowest BCUT2D eigenvalue weighted by atomic mass is 9.92. The molecule has 1 fully saturated rings. The summed E-state index contributed by atoms with van der Waals surface area (Å²) in [5.74, 6) is 0.472. The second-order valence-electron chi connectivity index (χ2n) is 6.93. The van der Waals surface area contributed by atoms with Crippen LogP contribution >= 0.6 is 11.6 Å². The highest BCUT2D eigenvalue weighted by Gasteiger charge is 2.19. The number of primary amides is 1. The van der Waals surface area contributed by atoms with Gasteiger partial charge >= 0.3 is 0 Å². The van der Waals surface area contributed by atoms with Gasteiger partial charge < -0.3 is 5.73 Å². The van der Waals surface area contributed by atoms with Gasteiger partial charge in [-0.2, -0.15) is 0 Å². The zero-order valence-electron chi connectivity index (χ0n) is 14.5. The molecule has 0 aliphatic carbocycles. The molecule has 0 spiro atoms. The van der Waals surface area contributed by atoms with Crippen molar-refractivity contribution in [3.8, 4) is 11.1 Å². The Morgan fingerprint density at radius 1 is 1.00 bits per heavy atom. The van der Waals surface area contributed by atoms with Crippen LogP contribution in [0.4, 0.5) is 0 Å². The summed E-state index contributed by atoms with van der Waals surface area (Å²) in [5.41, 5.74) is 8.99. The predicted octanol–water partition coefficient (Wildman–Crippen LogP) is 4.48. The van der Waals surface area contributed by atoms with Crippen molar-refractivity contribution in [2.75, 3.05) is 13.1 Å². The van der Waals surface area contributed by atoms with E-state index in [0.29, 0.717) is 12.3 Å². The minimum absolute atomic E-state index is 0.178. The first kappa shape index (κ1) is 18.0. The number of nitrogens with two attached hydrogens (primary N) is 1. The van der Waals surface area contributed by atoms with E-state index < -0.39 is 0 Å². The molecular formula is C21H25ClN2O. The van der Waals surface area contributed by atoms with E-state index in [1.807, 2.05) is 24.3 Å². The SMILES string of the molecule is NC(=O)CCC1CCN(Cc2ccc(-c3ccc(Cl)cc3)cc2)CC1. The number of halogens is 1. The third-order valence-corrected chi connectivity index (χ3v) is 5.30. The van der Waals surface area contributed by atoms with Crippen LogP contribution < -0.4 is 5.73 Å². The minimum atomic E-state index is -0.178. The number of hydrogen-bond donors (Lipinski definition) is 1. The Labute approximate surface area is 154 Å². The van der Waals surface area contributed by atoms with Gasteiger partial charge in [-0.1, -0.05) is 48.0 Å². The summed E-state index contributed by atoms with van der Waals surface area (Å²) < 4.78 is 0. The van der Waals surface area contributed by atoms with Gasteiger partial charge in [0, 0.05) is 18.0 Å². The fourth-order valence-corrected chi connectivity index (χ4v) is 3.61. The number of rotatable bonds is 6. The van der Waals surface area contributed by atoms with Crippen LogP contribution in [0.15, 0.2) is 48.5 Å². The van der Waals surface area contributed by atoms with Crippen molar-refractivity contribution < 1.29 is 4.79 Å². The quantitative estimate of drug-likeness (QED) is 0.829. The van der Waals surface area contributed by atoms with E-state index in [9.17, 15) is 4.79 Å². The van der Waals surface area contributed by atoms with E-state index in [2.05, 4.69) is 29.2 Å². The molecule has 2 aromatic carbocycles. The van der Waals surface area contributed by atoms with Crippen molar-refractivity contribution in [1.82, 2.24) is 4.90 Å². The number of nitrogens with zero attached hydrogens (tertiary/aromatic N) is 1. The Morgan fingerprint density at radius 2 is 1.56 bits per heavy atom. The first-order valence-corrected chi connectivity index (χ1v) is 9.33. The molecule has 3 rings (SSSR count). The molecule has 1 aliphatic rings. The average molecular weight is 357 g/mol. The van der Waals surface area contributed by atoms with E-state index in [1.165, 1.54) is 16.7 Å². The highest BCUT2D eigenvalue weighted by Crippen LogP contribution is 2.25. The first-order valence-electron chi connectivity index (χ1n) is 8.96. The van der Waals surface area contributed by atoms with Gasteiger partial charge in [0.1, 0.15) is 0 Å². The van der Waals surface area contributed by atoms with Crippen molar-refractivity contribution in [3.05, 3.63) is 59.1 Å². The Kier molecular flexibility index (Phi) is 6.11.